The Bertz CT molecular complexity index is 328. The van der Waals surface area contributed by atoms with Crippen LogP contribution in [0, 0.1) is 0 Å². The van der Waals surface area contributed by atoms with Crippen molar-refractivity contribution in [2.24, 2.45) is 0 Å². The van der Waals surface area contributed by atoms with Gasteiger partial charge in [-0.15, -0.1) is 11.8 Å². The zero-order valence-electron chi connectivity index (χ0n) is 8.69. The Morgan fingerprint density at radius 1 is 1.53 bits per heavy atom. The van der Waals surface area contributed by atoms with Gasteiger partial charge in [0.15, 0.2) is 0 Å². The number of rotatable bonds is 5. The molecule has 1 amide bonds. The summed E-state index contributed by atoms with van der Waals surface area (Å²) in [6.07, 6.45) is 0.947. The van der Waals surface area contributed by atoms with E-state index in [-0.39, 0.29) is 11.7 Å². The van der Waals surface area contributed by atoms with Gasteiger partial charge in [0.2, 0.25) is 5.91 Å². The molecule has 15 heavy (non-hydrogen) atoms. The predicted octanol–water partition coefficient (Wildman–Crippen LogP) is 2.01. The molecule has 0 aromatic heterocycles. The molecule has 0 radical (unpaired) electrons. The monoisotopic (exact) mass is 225 g/mol. The van der Waals surface area contributed by atoms with Crippen LogP contribution in [0.4, 0.5) is 0 Å². The minimum Gasteiger partial charge on any atom is -0.508 e. The maximum absolute atomic E-state index is 11.3. The van der Waals surface area contributed by atoms with E-state index in [1.807, 2.05) is 13.0 Å². The van der Waals surface area contributed by atoms with Crippen molar-refractivity contribution in [2.75, 3.05) is 12.3 Å². The maximum atomic E-state index is 11.3. The first-order valence-corrected chi connectivity index (χ1v) is 5.89. The molecule has 4 heteroatoms. The normalized spacial score (nSPS) is 9.93. The standard InChI is InChI=1S/C11H15NO2S/c1-2-6-12-11(14)8-15-10-5-3-4-9(13)7-10/h3-5,7,13H,2,6,8H2,1H3,(H,12,14). The second kappa shape index (κ2) is 6.35. The van der Waals surface area contributed by atoms with E-state index in [0.29, 0.717) is 5.75 Å². The zero-order chi connectivity index (χ0) is 11.1. The molecule has 0 aliphatic carbocycles. The van der Waals surface area contributed by atoms with Crippen molar-refractivity contribution in [3.8, 4) is 5.75 Å². The Kier molecular flexibility index (Phi) is 5.04. The molecule has 1 rings (SSSR count). The van der Waals surface area contributed by atoms with Crippen molar-refractivity contribution in [3.63, 3.8) is 0 Å². The van der Waals surface area contributed by atoms with Gasteiger partial charge in [0.05, 0.1) is 5.75 Å². The predicted molar refractivity (Wildman–Crippen MR) is 62.1 cm³/mol. The lowest BCUT2D eigenvalue weighted by atomic mass is 10.3. The first-order chi connectivity index (χ1) is 7.22. The SMILES string of the molecule is CCCNC(=O)CSc1cccc(O)c1. The molecule has 0 bridgehead atoms. The number of aromatic hydroxyl groups is 1. The summed E-state index contributed by atoms with van der Waals surface area (Å²) >= 11 is 1.42. The fourth-order valence-electron chi connectivity index (χ4n) is 1.04. The van der Waals surface area contributed by atoms with Crippen molar-refractivity contribution in [3.05, 3.63) is 24.3 Å². The second-order valence-corrected chi connectivity index (χ2v) is 4.18. The lowest BCUT2D eigenvalue weighted by Gasteiger charge is -2.03. The number of phenols is 1. The Labute approximate surface area is 93.9 Å². The van der Waals surface area contributed by atoms with Gasteiger partial charge in [-0.2, -0.15) is 0 Å². The van der Waals surface area contributed by atoms with Gasteiger partial charge in [-0.05, 0) is 24.6 Å². The van der Waals surface area contributed by atoms with Crippen LogP contribution in [-0.2, 0) is 4.79 Å². The van der Waals surface area contributed by atoms with E-state index in [0.717, 1.165) is 17.9 Å². The van der Waals surface area contributed by atoms with Gasteiger partial charge < -0.3 is 10.4 Å². The van der Waals surface area contributed by atoms with Gasteiger partial charge in [-0.1, -0.05) is 13.0 Å². The van der Waals surface area contributed by atoms with Gasteiger partial charge in [0.1, 0.15) is 5.75 Å². The smallest absolute Gasteiger partial charge is 0.230 e. The van der Waals surface area contributed by atoms with Crippen molar-refractivity contribution in [1.29, 1.82) is 0 Å². The molecule has 82 valence electrons. The summed E-state index contributed by atoms with van der Waals surface area (Å²) in [5, 5.41) is 12.0. The average molecular weight is 225 g/mol. The molecule has 0 aliphatic rings. The number of carbonyl (C=O) groups is 1. The molecule has 0 aliphatic heterocycles. The van der Waals surface area contributed by atoms with Crippen LogP contribution < -0.4 is 5.32 Å². The van der Waals surface area contributed by atoms with Crippen molar-refractivity contribution < 1.29 is 9.90 Å². The second-order valence-electron chi connectivity index (χ2n) is 3.14. The topological polar surface area (TPSA) is 49.3 Å². The van der Waals surface area contributed by atoms with Gasteiger partial charge in [0, 0.05) is 11.4 Å². The summed E-state index contributed by atoms with van der Waals surface area (Å²) in [6, 6.07) is 6.90. The third kappa shape index (κ3) is 4.74. The number of carbonyl (C=O) groups excluding carboxylic acids is 1. The third-order valence-electron chi connectivity index (χ3n) is 1.76. The molecule has 0 saturated carbocycles. The molecular weight excluding hydrogens is 210 g/mol. The van der Waals surface area contributed by atoms with E-state index in [1.165, 1.54) is 11.8 Å². The number of amides is 1. The van der Waals surface area contributed by atoms with Gasteiger partial charge in [-0.25, -0.2) is 0 Å². The van der Waals surface area contributed by atoms with Crippen LogP contribution >= 0.6 is 11.8 Å². The Balaban J connectivity index is 2.33. The largest absolute Gasteiger partial charge is 0.508 e. The molecule has 0 unspecified atom stereocenters. The molecule has 0 spiro atoms. The van der Waals surface area contributed by atoms with Crippen molar-refractivity contribution in [1.82, 2.24) is 5.32 Å². The fraction of sp³-hybridized carbons (Fsp3) is 0.364. The van der Waals surface area contributed by atoms with Crippen LogP contribution in [0.25, 0.3) is 0 Å². The van der Waals surface area contributed by atoms with E-state index in [4.69, 9.17) is 0 Å². The summed E-state index contributed by atoms with van der Waals surface area (Å²) in [4.78, 5) is 12.2. The van der Waals surface area contributed by atoms with Crippen LogP contribution in [0.5, 0.6) is 5.75 Å². The highest BCUT2D eigenvalue weighted by atomic mass is 32.2. The van der Waals surface area contributed by atoms with Gasteiger partial charge in [-0.3, -0.25) is 4.79 Å². The zero-order valence-corrected chi connectivity index (χ0v) is 9.51. The Hall–Kier alpha value is -1.16. The number of nitrogens with one attached hydrogen (secondary N) is 1. The molecular formula is C11H15NO2S. The van der Waals surface area contributed by atoms with Gasteiger partial charge in [0.25, 0.3) is 0 Å². The molecule has 1 aromatic rings. The summed E-state index contributed by atoms with van der Waals surface area (Å²) in [6.45, 7) is 2.74. The van der Waals surface area contributed by atoms with E-state index in [1.54, 1.807) is 18.2 Å². The summed E-state index contributed by atoms with van der Waals surface area (Å²) in [5.74, 6) is 0.655. The summed E-state index contributed by atoms with van der Waals surface area (Å²) in [5.41, 5.74) is 0. The fourth-order valence-corrected chi connectivity index (χ4v) is 1.82. The first kappa shape index (κ1) is 11.9. The summed E-state index contributed by atoms with van der Waals surface area (Å²) in [7, 11) is 0. The summed E-state index contributed by atoms with van der Waals surface area (Å²) < 4.78 is 0. The van der Waals surface area contributed by atoms with Crippen LogP contribution in [0.15, 0.2) is 29.2 Å². The van der Waals surface area contributed by atoms with E-state index < -0.39 is 0 Å². The highest BCUT2D eigenvalue weighted by Gasteiger charge is 2.01. The Morgan fingerprint density at radius 2 is 2.33 bits per heavy atom. The first-order valence-electron chi connectivity index (χ1n) is 4.91. The molecule has 0 atom stereocenters. The molecule has 3 nitrogen and oxygen atoms in total. The number of phenolic OH excluding ortho intramolecular Hbond substituents is 1. The quantitative estimate of drug-likeness (QED) is 0.754. The number of hydrogen-bond acceptors (Lipinski definition) is 3. The van der Waals surface area contributed by atoms with E-state index in [2.05, 4.69) is 5.32 Å². The molecule has 1 aromatic carbocycles. The highest BCUT2D eigenvalue weighted by molar-refractivity contribution is 8.00. The number of benzene rings is 1. The molecule has 0 heterocycles. The third-order valence-corrected chi connectivity index (χ3v) is 2.75. The number of thioether (sulfide) groups is 1. The minimum atomic E-state index is 0.0326. The van der Waals surface area contributed by atoms with E-state index in [9.17, 15) is 9.90 Å². The van der Waals surface area contributed by atoms with Crippen molar-refractivity contribution in [2.45, 2.75) is 18.2 Å². The number of hydrogen-bond donors (Lipinski definition) is 2. The van der Waals surface area contributed by atoms with Gasteiger partial charge >= 0.3 is 0 Å². The molecule has 0 saturated heterocycles. The lowest BCUT2D eigenvalue weighted by molar-refractivity contribution is -0.118. The minimum absolute atomic E-state index is 0.0326. The average Bonchev–Trinajstić information content (AvgIpc) is 2.23. The van der Waals surface area contributed by atoms with Crippen LogP contribution in [0.1, 0.15) is 13.3 Å². The highest BCUT2D eigenvalue weighted by Crippen LogP contribution is 2.21. The van der Waals surface area contributed by atoms with Crippen LogP contribution in [0.3, 0.4) is 0 Å². The molecule has 2 N–H and O–H groups in total. The molecule has 0 fully saturated rings. The lowest BCUT2D eigenvalue weighted by Crippen LogP contribution is -2.25. The van der Waals surface area contributed by atoms with Crippen LogP contribution in [0.2, 0.25) is 0 Å². The van der Waals surface area contributed by atoms with Crippen molar-refractivity contribution >= 4 is 17.7 Å². The van der Waals surface area contributed by atoms with Crippen LogP contribution in [-0.4, -0.2) is 23.3 Å². The Morgan fingerprint density at radius 3 is 3.00 bits per heavy atom. The maximum Gasteiger partial charge on any atom is 0.230 e. The van der Waals surface area contributed by atoms with E-state index >= 15 is 0 Å².